The molecule has 164 valence electrons. The van der Waals surface area contributed by atoms with E-state index in [9.17, 15) is 14.4 Å². The summed E-state index contributed by atoms with van der Waals surface area (Å²) in [5, 5.41) is 5.91. The number of nitrogens with one attached hydrogen (secondary N) is 2. The van der Waals surface area contributed by atoms with Gasteiger partial charge in [0.15, 0.2) is 0 Å². The second-order valence-electron chi connectivity index (χ2n) is 7.97. The van der Waals surface area contributed by atoms with Crippen molar-refractivity contribution < 1.29 is 14.4 Å². The lowest BCUT2D eigenvalue weighted by molar-refractivity contribution is -0.131. The molecule has 31 heavy (non-hydrogen) atoms. The zero-order chi connectivity index (χ0) is 21.9. The fraction of sp³-hybridized carbons (Fsp3) is 0.400. The van der Waals surface area contributed by atoms with Crippen LogP contribution in [-0.2, 0) is 27.3 Å². The standard InChI is InChI=1S/C25H31N3O3/c29-23-14-17-28(24(30)18-20-8-3-1-4-9-20)16-7-12-22(13-15-26-23)25(31)27-19-21-10-5-2-6-11-21/h1-6,8-11,22H,7,12-19H2,(H,26,29)(H,27,31). The third-order valence-corrected chi connectivity index (χ3v) is 5.64. The lowest BCUT2D eigenvalue weighted by Crippen LogP contribution is -2.36. The fourth-order valence-corrected chi connectivity index (χ4v) is 3.82. The van der Waals surface area contributed by atoms with Crippen molar-refractivity contribution in [3.8, 4) is 0 Å². The van der Waals surface area contributed by atoms with E-state index in [1.54, 1.807) is 4.90 Å². The van der Waals surface area contributed by atoms with Crippen molar-refractivity contribution in [2.45, 2.75) is 38.6 Å². The molecule has 1 saturated heterocycles. The van der Waals surface area contributed by atoms with Crippen LogP contribution in [0, 0.1) is 5.92 Å². The molecule has 3 rings (SSSR count). The maximum Gasteiger partial charge on any atom is 0.227 e. The average molecular weight is 422 g/mol. The summed E-state index contributed by atoms with van der Waals surface area (Å²) < 4.78 is 0. The Kier molecular flexibility index (Phi) is 8.64. The van der Waals surface area contributed by atoms with Crippen LogP contribution in [0.1, 0.15) is 36.8 Å². The van der Waals surface area contributed by atoms with Gasteiger partial charge in [0.05, 0.1) is 6.42 Å². The van der Waals surface area contributed by atoms with E-state index in [0.29, 0.717) is 45.4 Å². The van der Waals surface area contributed by atoms with Gasteiger partial charge < -0.3 is 15.5 Å². The lowest BCUT2D eigenvalue weighted by atomic mass is 9.97. The van der Waals surface area contributed by atoms with Gasteiger partial charge in [-0.15, -0.1) is 0 Å². The molecule has 1 unspecified atom stereocenters. The fourth-order valence-electron chi connectivity index (χ4n) is 3.82. The van der Waals surface area contributed by atoms with E-state index in [2.05, 4.69) is 10.6 Å². The first-order valence-corrected chi connectivity index (χ1v) is 11.0. The Bertz CT molecular complexity index is 855. The molecule has 0 spiro atoms. The molecule has 1 aliphatic rings. The van der Waals surface area contributed by atoms with Crippen molar-refractivity contribution in [2.75, 3.05) is 19.6 Å². The summed E-state index contributed by atoms with van der Waals surface area (Å²) in [6.45, 7) is 1.92. The SMILES string of the molecule is O=C1CCN(C(=O)Cc2ccccc2)CCCC(C(=O)NCc2ccccc2)CCN1. The van der Waals surface area contributed by atoms with E-state index in [4.69, 9.17) is 0 Å². The number of carbonyl (C=O) groups excluding carboxylic acids is 3. The minimum absolute atomic E-state index is 0.000453. The molecule has 6 heteroatoms. The molecular formula is C25H31N3O3. The maximum absolute atomic E-state index is 12.8. The van der Waals surface area contributed by atoms with Gasteiger partial charge in [0.1, 0.15) is 0 Å². The zero-order valence-corrected chi connectivity index (χ0v) is 17.9. The topological polar surface area (TPSA) is 78.5 Å². The Morgan fingerprint density at radius 3 is 2.32 bits per heavy atom. The van der Waals surface area contributed by atoms with Crippen LogP contribution < -0.4 is 10.6 Å². The highest BCUT2D eigenvalue weighted by Crippen LogP contribution is 2.15. The highest BCUT2D eigenvalue weighted by molar-refractivity contribution is 5.81. The van der Waals surface area contributed by atoms with Crippen molar-refractivity contribution in [3.63, 3.8) is 0 Å². The molecule has 1 atom stereocenters. The monoisotopic (exact) mass is 421 g/mol. The molecular weight excluding hydrogens is 390 g/mol. The van der Waals surface area contributed by atoms with Crippen molar-refractivity contribution in [3.05, 3.63) is 71.8 Å². The summed E-state index contributed by atoms with van der Waals surface area (Å²) in [5.41, 5.74) is 2.02. The van der Waals surface area contributed by atoms with Gasteiger partial charge in [0.25, 0.3) is 0 Å². The summed E-state index contributed by atoms with van der Waals surface area (Å²) in [4.78, 5) is 39.5. The number of benzene rings is 2. The quantitative estimate of drug-likeness (QED) is 0.779. The van der Waals surface area contributed by atoms with Crippen LogP contribution in [0.5, 0.6) is 0 Å². The van der Waals surface area contributed by atoms with E-state index < -0.39 is 0 Å². The van der Waals surface area contributed by atoms with E-state index in [0.717, 1.165) is 17.5 Å². The van der Waals surface area contributed by atoms with Gasteiger partial charge in [0.2, 0.25) is 17.7 Å². The Labute approximate surface area is 184 Å². The summed E-state index contributed by atoms with van der Waals surface area (Å²) in [6.07, 6.45) is 2.63. The zero-order valence-electron chi connectivity index (χ0n) is 17.9. The van der Waals surface area contributed by atoms with Gasteiger partial charge in [-0.3, -0.25) is 14.4 Å². The average Bonchev–Trinajstić information content (AvgIpc) is 2.83. The predicted molar refractivity (Wildman–Crippen MR) is 120 cm³/mol. The van der Waals surface area contributed by atoms with Crippen LogP contribution in [0.15, 0.2) is 60.7 Å². The highest BCUT2D eigenvalue weighted by atomic mass is 16.2. The van der Waals surface area contributed by atoms with Gasteiger partial charge in [0, 0.05) is 38.5 Å². The number of carbonyl (C=O) groups is 3. The molecule has 1 heterocycles. The van der Waals surface area contributed by atoms with E-state index >= 15 is 0 Å². The molecule has 0 saturated carbocycles. The number of amides is 3. The molecule has 1 fully saturated rings. The molecule has 6 nitrogen and oxygen atoms in total. The van der Waals surface area contributed by atoms with E-state index in [-0.39, 0.29) is 30.1 Å². The number of rotatable bonds is 5. The summed E-state index contributed by atoms with van der Waals surface area (Å²) >= 11 is 0. The second kappa shape index (κ2) is 11.9. The molecule has 0 bridgehead atoms. The predicted octanol–water partition coefficient (Wildman–Crippen LogP) is 2.68. The molecule has 2 aromatic carbocycles. The Morgan fingerprint density at radius 1 is 0.935 bits per heavy atom. The smallest absolute Gasteiger partial charge is 0.227 e. The van der Waals surface area contributed by atoms with Crippen molar-refractivity contribution in [2.24, 2.45) is 5.92 Å². The Balaban J connectivity index is 1.57. The molecule has 1 aliphatic heterocycles. The molecule has 2 aromatic rings. The van der Waals surface area contributed by atoms with E-state index in [1.165, 1.54) is 0 Å². The molecule has 3 amide bonds. The Morgan fingerprint density at radius 2 is 1.61 bits per heavy atom. The largest absolute Gasteiger partial charge is 0.356 e. The third-order valence-electron chi connectivity index (χ3n) is 5.64. The molecule has 0 aliphatic carbocycles. The number of hydrogen-bond donors (Lipinski definition) is 2. The molecule has 0 radical (unpaired) electrons. The number of hydrogen-bond acceptors (Lipinski definition) is 3. The van der Waals surface area contributed by atoms with Gasteiger partial charge >= 0.3 is 0 Å². The summed E-state index contributed by atoms with van der Waals surface area (Å²) in [6, 6.07) is 19.4. The first kappa shape index (κ1) is 22.5. The Hall–Kier alpha value is -3.15. The second-order valence-corrected chi connectivity index (χ2v) is 7.97. The van der Waals surface area contributed by atoms with Crippen LogP contribution in [0.25, 0.3) is 0 Å². The van der Waals surface area contributed by atoms with Crippen LogP contribution >= 0.6 is 0 Å². The van der Waals surface area contributed by atoms with Crippen LogP contribution in [-0.4, -0.2) is 42.3 Å². The number of nitrogens with zero attached hydrogens (tertiary/aromatic N) is 1. The first-order valence-electron chi connectivity index (χ1n) is 11.0. The van der Waals surface area contributed by atoms with Crippen LogP contribution in [0.4, 0.5) is 0 Å². The van der Waals surface area contributed by atoms with Gasteiger partial charge in [-0.25, -0.2) is 0 Å². The van der Waals surface area contributed by atoms with Crippen molar-refractivity contribution >= 4 is 17.7 Å². The summed E-state index contributed by atoms with van der Waals surface area (Å²) in [7, 11) is 0. The van der Waals surface area contributed by atoms with Crippen molar-refractivity contribution in [1.29, 1.82) is 0 Å². The minimum Gasteiger partial charge on any atom is -0.356 e. The third kappa shape index (κ3) is 7.55. The van der Waals surface area contributed by atoms with Crippen molar-refractivity contribution in [1.82, 2.24) is 15.5 Å². The highest BCUT2D eigenvalue weighted by Gasteiger charge is 2.22. The maximum atomic E-state index is 12.8. The lowest BCUT2D eigenvalue weighted by Gasteiger charge is -2.23. The van der Waals surface area contributed by atoms with Gasteiger partial charge in [-0.2, -0.15) is 0 Å². The normalized spacial score (nSPS) is 17.9. The minimum atomic E-state index is -0.187. The van der Waals surface area contributed by atoms with Crippen LogP contribution in [0.3, 0.4) is 0 Å². The van der Waals surface area contributed by atoms with Gasteiger partial charge in [-0.05, 0) is 30.4 Å². The molecule has 0 aromatic heterocycles. The van der Waals surface area contributed by atoms with Crippen LogP contribution in [0.2, 0.25) is 0 Å². The first-order chi connectivity index (χ1) is 15.1. The summed E-state index contributed by atoms with van der Waals surface area (Å²) in [5.74, 6) is -0.251. The van der Waals surface area contributed by atoms with Gasteiger partial charge in [-0.1, -0.05) is 60.7 Å². The molecule has 2 N–H and O–H groups in total. The van der Waals surface area contributed by atoms with E-state index in [1.807, 2.05) is 60.7 Å².